The largest absolute Gasteiger partial charge is 0.394 e. The third-order valence-corrected chi connectivity index (χ3v) is 3.95. The van der Waals surface area contributed by atoms with E-state index in [-0.39, 0.29) is 29.5 Å². The van der Waals surface area contributed by atoms with Gasteiger partial charge in [-0.2, -0.15) is 5.26 Å². The number of hydrogen-bond donors (Lipinski definition) is 3. The minimum Gasteiger partial charge on any atom is -0.394 e. The van der Waals surface area contributed by atoms with Crippen molar-refractivity contribution in [3.8, 4) is 6.07 Å². The minimum absolute atomic E-state index is 0.0394. The summed E-state index contributed by atoms with van der Waals surface area (Å²) in [7, 11) is 0. The molecule has 0 radical (unpaired) electrons. The topological polar surface area (TPSA) is 129 Å². The van der Waals surface area contributed by atoms with Crippen LogP contribution in [0.4, 0.5) is 5.95 Å². The standard InChI is InChI=1S/C13H15N5O3/c1-7-4-8(5-19)21-13(7,6-14)10-3-2-9-11(20)16-12(15)17-18(9)10/h2-3,7-8,19H,4-5H2,1H3,(H3,15,16,17,20)/t7-,8-,13+/m0/s1. The van der Waals surface area contributed by atoms with E-state index < -0.39 is 11.7 Å². The van der Waals surface area contributed by atoms with Gasteiger partial charge in [0.15, 0.2) is 5.60 Å². The highest BCUT2D eigenvalue weighted by molar-refractivity contribution is 5.50. The molecule has 0 spiro atoms. The SMILES string of the molecule is C[C@H]1C[C@@H](CO)O[C@@]1(C#N)c1ccc2c(=O)[nH]c(N)nn12. The van der Waals surface area contributed by atoms with E-state index >= 15 is 0 Å². The van der Waals surface area contributed by atoms with Crippen LogP contribution in [-0.2, 0) is 10.3 Å². The molecule has 0 aliphatic carbocycles. The zero-order chi connectivity index (χ0) is 15.2. The number of aliphatic hydroxyl groups excluding tert-OH is 1. The monoisotopic (exact) mass is 289 g/mol. The lowest BCUT2D eigenvalue weighted by molar-refractivity contribution is -0.0424. The van der Waals surface area contributed by atoms with Crippen molar-refractivity contribution < 1.29 is 9.84 Å². The summed E-state index contributed by atoms with van der Waals surface area (Å²) in [6.07, 6.45) is 0.139. The number of hydrogen-bond acceptors (Lipinski definition) is 6. The number of fused-ring (bicyclic) bond motifs is 1. The van der Waals surface area contributed by atoms with Crippen molar-refractivity contribution in [2.75, 3.05) is 12.3 Å². The number of H-pyrrole nitrogens is 1. The molecule has 8 nitrogen and oxygen atoms in total. The lowest BCUT2D eigenvalue weighted by Crippen LogP contribution is -2.33. The highest BCUT2D eigenvalue weighted by Crippen LogP contribution is 2.43. The number of aromatic amines is 1. The fourth-order valence-corrected chi connectivity index (χ4v) is 2.91. The Morgan fingerprint density at radius 1 is 1.71 bits per heavy atom. The maximum atomic E-state index is 11.9. The summed E-state index contributed by atoms with van der Waals surface area (Å²) in [5.74, 6) is -0.192. The normalized spacial score (nSPS) is 28.8. The van der Waals surface area contributed by atoms with Gasteiger partial charge in [-0.1, -0.05) is 6.92 Å². The number of nitriles is 1. The Morgan fingerprint density at radius 2 is 2.48 bits per heavy atom. The van der Waals surface area contributed by atoms with Gasteiger partial charge < -0.3 is 15.6 Å². The molecule has 4 N–H and O–H groups in total. The number of aromatic nitrogens is 3. The molecule has 1 aliphatic rings. The third-order valence-electron chi connectivity index (χ3n) is 3.95. The van der Waals surface area contributed by atoms with Gasteiger partial charge in [0, 0.05) is 5.92 Å². The lowest BCUT2D eigenvalue weighted by atomic mass is 9.87. The molecular weight excluding hydrogens is 274 g/mol. The van der Waals surface area contributed by atoms with Crippen LogP contribution < -0.4 is 11.3 Å². The second kappa shape index (κ2) is 4.58. The molecule has 0 aromatic carbocycles. The van der Waals surface area contributed by atoms with Crippen LogP contribution in [0, 0.1) is 17.2 Å². The van der Waals surface area contributed by atoms with Crippen molar-refractivity contribution in [1.82, 2.24) is 14.6 Å². The van der Waals surface area contributed by atoms with Gasteiger partial charge in [0.1, 0.15) is 11.6 Å². The van der Waals surface area contributed by atoms with E-state index in [4.69, 9.17) is 10.5 Å². The number of anilines is 1. The summed E-state index contributed by atoms with van der Waals surface area (Å²) >= 11 is 0. The average molecular weight is 289 g/mol. The number of aliphatic hydroxyl groups is 1. The second-order valence-electron chi connectivity index (χ2n) is 5.26. The number of rotatable bonds is 2. The van der Waals surface area contributed by atoms with E-state index in [1.165, 1.54) is 4.52 Å². The molecule has 2 aromatic rings. The molecule has 21 heavy (non-hydrogen) atoms. The summed E-state index contributed by atoms with van der Waals surface area (Å²) < 4.78 is 7.11. The molecule has 0 bridgehead atoms. The Labute approximate surface area is 119 Å². The molecule has 0 saturated carbocycles. The van der Waals surface area contributed by atoms with Crippen molar-refractivity contribution >= 4 is 11.5 Å². The quantitative estimate of drug-likeness (QED) is 0.698. The van der Waals surface area contributed by atoms with E-state index in [0.29, 0.717) is 12.1 Å². The molecule has 1 fully saturated rings. The molecule has 1 saturated heterocycles. The van der Waals surface area contributed by atoms with Crippen molar-refractivity contribution in [2.45, 2.75) is 25.0 Å². The smallest absolute Gasteiger partial charge is 0.276 e. The number of nitrogens with one attached hydrogen (secondary N) is 1. The van der Waals surface area contributed by atoms with Crippen molar-refractivity contribution in [3.05, 3.63) is 28.2 Å². The Morgan fingerprint density at radius 3 is 3.10 bits per heavy atom. The summed E-state index contributed by atoms with van der Waals surface area (Å²) in [5, 5.41) is 23.0. The minimum atomic E-state index is -1.26. The molecule has 0 amide bonds. The summed E-state index contributed by atoms with van der Waals surface area (Å²) in [6.45, 7) is 1.71. The molecule has 3 heterocycles. The highest BCUT2D eigenvalue weighted by atomic mass is 16.5. The fourth-order valence-electron chi connectivity index (χ4n) is 2.91. The van der Waals surface area contributed by atoms with Crippen LogP contribution in [-0.4, -0.2) is 32.4 Å². The first-order valence-electron chi connectivity index (χ1n) is 6.59. The van der Waals surface area contributed by atoms with Gasteiger partial charge in [0.2, 0.25) is 5.95 Å². The predicted octanol–water partition coefficient (Wildman–Crippen LogP) is -0.259. The van der Waals surface area contributed by atoms with Crippen molar-refractivity contribution in [3.63, 3.8) is 0 Å². The van der Waals surface area contributed by atoms with Gasteiger partial charge in [-0.05, 0) is 18.6 Å². The average Bonchev–Trinajstić information content (AvgIpc) is 3.00. The van der Waals surface area contributed by atoms with Crippen LogP contribution in [0.3, 0.4) is 0 Å². The Hall–Kier alpha value is -2.37. The van der Waals surface area contributed by atoms with Crippen LogP contribution in [0.25, 0.3) is 5.52 Å². The van der Waals surface area contributed by atoms with E-state index in [2.05, 4.69) is 16.2 Å². The summed E-state index contributed by atoms with van der Waals surface area (Å²) in [4.78, 5) is 14.3. The number of nitrogen functional groups attached to an aromatic ring is 1. The van der Waals surface area contributed by atoms with E-state index in [1.54, 1.807) is 12.1 Å². The van der Waals surface area contributed by atoms with E-state index in [9.17, 15) is 15.2 Å². The molecule has 8 heteroatoms. The van der Waals surface area contributed by atoms with Gasteiger partial charge in [-0.3, -0.25) is 9.78 Å². The first-order chi connectivity index (χ1) is 10.0. The van der Waals surface area contributed by atoms with E-state index in [0.717, 1.165) is 0 Å². The Kier molecular flexibility index (Phi) is 2.97. The number of ether oxygens (including phenoxy) is 1. The predicted molar refractivity (Wildman–Crippen MR) is 73.3 cm³/mol. The van der Waals surface area contributed by atoms with Crippen LogP contribution in [0.5, 0.6) is 0 Å². The Bertz CT molecular complexity index is 789. The maximum Gasteiger partial charge on any atom is 0.276 e. The van der Waals surface area contributed by atoms with Crippen molar-refractivity contribution in [1.29, 1.82) is 5.26 Å². The first-order valence-corrected chi connectivity index (χ1v) is 6.59. The fraction of sp³-hybridized carbons (Fsp3) is 0.462. The Balaban J connectivity index is 2.24. The van der Waals surface area contributed by atoms with Gasteiger partial charge in [-0.15, -0.1) is 5.10 Å². The zero-order valence-corrected chi connectivity index (χ0v) is 11.4. The molecule has 110 valence electrons. The molecule has 1 aliphatic heterocycles. The first kappa shape index (κ1) is 13.6. The molecular formula is C13H15N5O3. The third kappa shape index (κ3) is 1.82. The highest BCUT2D eigenvalue weighted by Gasteiger charge is 2.50. The van der Waals surface area contributed by atoms with Crippen LogP contribution >= 0.6 is 0 Å². The molecule has 3 atom stereocenters. The molecule has 0 unspecified atom stereocenters. The van der Waals surface area contributed by atoms with Crippen molar-refractivity contribution in [2.24, 2.45) is 5.92 Å². The van der Waals surface area contributed by atoms with Gasteiger partial charge in [-0.25, -0.2) is 4.52 Å². The van der Waals surface area contributed by atoms with Gasteiger partial charge in [0.25, 0.3) is 5.56 Å². The lowest BCUT2D eigenvalue weighted by Gasteiger charge is -2.25. The van der Waals surface area contributed by atoms with Crippen LogP contribution in [0.15, 0.2) is 16.9 Å². The number of nitrogens with two attached hydrogens (primary N) is 1. The van der Waals surface area contributed by atoms with Crippen LogP contribution in [0.1, 0.15) is 19.0 Å². The number of nitrogens with zero attached hydrogens (tertiary/aromatic N) is 3. The van der Waals surface area contributed by atoms with Gasteiger partial charge in [0.05, 0.1) is 18.4 Å². The molecule has 2 aromatic heterocycles. The van der Waals surface area contributed by atoms with Crippen LogP contribution in [0.2, 0.25) is 0 Å². The zero-order valence-electron chi connectivity index (χ0n) is 11.4. The second-order valence-corrected chi connectivity index (χ2v) is 5.26. The molecule has 3 rings (SSSR count). The summed E-state index contributed by atoms with van der Waals surface area (Å²) in [6, 6.07) is 5.38. The maximum absolute atomic E-state index is 11.9. The van der Waals surface area contributed by atoms with Gasteiger partial charge >= 0.3 is 0 Å². The summed E-state index contributed by atoms with van der Waals surface area (Å²) in [5.41, 5.74) is 4.67. The van der Waals surface area contributed by atoms with E-state index in [1.807, 2.05) is 6.92 Å².